The largest absolute Gasteiger partial charge is 0.507 e. The van der Waals surface area contributed by atoms with Crippen LogP contribution in [-0.2, 0) is 20.2 Å². The second-order valence-electron chi connectivity index (χ2n) is 10.1. The van der Waals surface area contributed by atoms with Gasteiger partial charge in [0.2, 0.25) is 0 Å². The van der Waals surface area contributed by atoms with Crippen LogP contribution in [0.5, 0.6) is 11.5 Å². The van der Waals surface area contributed by atoms with Crippen LogP contribution < -0.4 is 5.73 Å². The molecular weight excluding hydrogens is 716 g/mol. The highest BCUT2D eigenvalue weighted by molar-refractivity contribution is 7.86. The van der Waals surface area contributed by atoms with E-state index in [2.05, 4.69) is 30.7 Å². The third-order valence-corrected chi connectivity index (χ3v) is 8.58. The fraction of sp³-hybridized carbons (Fsp3) is 0. The molecular formula is C29H20N8O12S2. The smallest absolute Gasteiger partial charge is 0.339 e. The van der Waals surface area contributed by atoms with Crippen LogP contribution in [0.3, 0.4) is 0 Å². The molecule has 5 rings (SSSR count). The fourth-order valence-electron chi connectivity index (χ4n) is 4.52. The first-order valence-electron chi connectivity index (χ1n) is 13.7. The van der Waals surface area contributed by atoms with Crippen molar-refractivity contribution in [2.75, 3.05) is 5.73 Å². The van der Waals surface area contributed by atoms with Crippen LogP contribution in [0.2, 0.25) is 0 Å². The minimum absolute atomic E-state index is 0.0474. The van der Waals surface area contributed by atoms with Crippen LogP contribution in [0.4, 0.5) is 45.5 Å². The molecule has 7 N–H and O–H groups in total. The number of phenols is 2. The van der Waals surface area contributed by atoms with Crippen molar-refractivity contribution >= 4 is 82.5 Å². The molecule has 20 nitrogen and oxygen atoms in total. The quantitative estimate of drug-likeness (QED) is 0.0272. The molecule has 51 heavy (non-hydrogen) atoms. The van der Waals surface area contributed by atoms with Crippen molar-refractivity contribution in [2.24, 2.45) is 30.7 Å². The number of aromatic hydroxyl groups is 2. The highest BCUT2D eigenvalue weighted by Crippen LogP contribution is 2.53. The number of hydrogen-bond acceptors (Lipinski definition) is 16. The lowest BCUT2D eigenvalue weighted by atomic mass is 10.0. The van der Waals surface area contributed by atoms with Gasteiger partial charge in [-0.3, -0.25) is 19.2 Å². The lowest BCUT2D eigenvalue weighted by molar-refractivity contribution is -0.384. The van der Waals surface area contributed by atoms with Gasteiger partial charge in [0.05, 0.1) is 33.1 Å². The summed E-state index contributed by atoms with van der Waals surface area (Å²) in [5.74, 6) is -3.35. The molecule has 0 aromatic heterocycles. The predicted molar refractivity (Wildman–Crippen MR) is 177 cm³/mol. The van der Waals surface area contributed by atoms with E-state index in [0.717, 1.165) is 42.5 Å². The molecule has 5 aromatic carbocycles. The number of carboxylic acid groups (broad SMARTS) is 1. The van der Waals surface area contributed by atoms with Crippen molar-refractivity contribution < 1.29 is 51.0 Å². The summed E-state index contributed by atoms with van der Waals surface area (Å²) in [5, 5.41) is 63.3. The van der Waals surface area contributed by atoms with E-state index < -0.39 is 91.5 Å². The second-order valence-corrected chi connectivity index (χ2v) is 12.8. The Bertz CT molecular complexity index is 2560. The molecule has 260 valence electrons. The molecule has 0 heterocycles. The molecule has 0 atom stereocenters. The van der Waals surface area contributed by atoms with Crippen molar-refractivity contribution in [3.05, 3.63) is 94.5 Å². The molecule has 0 aliphatic rings. The number of non-ortho nitro benzene ring substituents is 1. The molecule has 0 radical (unpaired) electrons. The standard InChI is InChI=1S/C29H20N8O12S2/c30-23-22-19(13-21(50(44,45)46)25(23)35-32-15-6-9-17(10-7-15)37(42)43)24(34-31-14-4-2-1-3-5-14)28(51(47,48)49)26(27(22)39)36-33-16-8-11-20(38)18(12-16)29(40)41/h1-13,38-39H,30H2,(H,40,41)(H,44,45,46)(H,47,48,49). The number of carbonyl (C=O) groups is 1. The maximum absolute atomic E-state index is 12.9. The van der Waals surface area contributed by atoms with Crippen LogP contribution >= 0.6 is 0 Å². The van der Waals surface area contributed by atoms with Gasteiger partial charge in [0.15, 0.2) is 16.3 Å². The minimum Gasteiger partial charge on any atom is -0.507 e. The van der Waals surface area contributed by atoms with Crippen LogP contribution in [0.25, 0.3) is 10.8 Å². The highest BCUT2D eigenvalue weighted by atomic mass is 32.2. The molecule has 0 unspecified atom stereocenters. The molecule has 0 aliphatic heterocycles. The van der Waals surface area contributed by atoms with Gasteiger partial charge in [-0.25, -0.2) is 4.79 Å². The first-order chi connectivity index (χ1) is 24.0. The van der Waals surface area contributed by atoms with E-state index in [1.54, 1.807) is 18.2 Å². The van der Waals surface area contributed by atoms with E-state index in [1.807, 2.05) is 0 Å². The lowest BCUT2D eigenvalue weighted by Gasteiger charge is -2.16. The van der Waals surface area contributed by atoms with Crippen LogP contribution in [0.15, 0.2) is 119 Å². The number of hydrogen-bond donors (Lipinski definition) is 6. The van der Waals surface area contributed by atoms with Crippen LogP contribution in [0.1, 0.15) is 10.4 Å². The van der Waals surface area contributed by atoms with Gasteiger partial charge < -0.3 is 21.1 Å². The zero-order valence-corrected chi connectivity index (χ0v) is 26.8. The number of nitrogens with zero attached hydrogens (tertiary/aromatic N) is 7. The molecule has 0 amide bonds. The zero-order chi connectivity index (χ0) is 37.2. The SMILES string of the molecule is Nc1c(N=Nc2ccc([N+](=O)[O-])cc2)c(S(=O)(=O)O)cc2c(N=Nc3ccccc3)c(S(=O)(=O)O)c(N=Nc3ccc(O)c(C(=O)O)c3)c(O)c12. The number of phenolic OH excluding ortho intramolecular Hbond substituents is 1. The number of anilines is 1. The number of benzene rings is 5. The Morgan fingerprint density at radius 2 is 1.25 bits per heavy atom. The first-order valence-corrected chi connectivity index (χ1v) is 16.6. The van der Waals surface area contributed by atoms with E-state index in [9.17, 15) is 56.2 Å². The van der Waals surface area contributed by atoms with Gasteiger partial charge in [-0.15, -0.1) is 15.3 Å². The minimum atomic E-state index is -5.49. The maximum atomic E-state index is 12.9. The van der Waals surface area contributed by atoms with Gasteiger partial charge in [-0.2, -0.15) is 32.2 Å². The molecule has 0 fully saturated rings. The number of nitrogen functional groups attached to an aromatic ring is 1. The third-order valence-electron chi connectivity index (χ3n) is 6.81. The molecule has 5 aromatic rings. The first kappa shape index (κ1) is 35.6. The summed E-state index contributed by atoms with van der Waals surface area (Å²) in [5.41, 5.74) is 1.73. The summed E-state index contributed by atoms with van der Waals surface area (Å²) in [6.45, 7) is 0. The monoisotopic (exact) mass is 736 g/mol. The summed E-state index contributed by atoms with van der Waals surface area (Å²) in [7, 11) is -10.8. The average Bonchev–Trinajstić information content (AvgIpc) is 3.06. The lowest BCUT2D eigenvalue weighted by Crippen LogP contribution is -2.04. The Balaban J connectivity index is 1.88. The van der Waals surface area contributed by atoms with Crippen molar-refractivity contribution in [3.63, 3.8) is 0 Å². The predicted octanol–water partition coefficient (Wildman–Crippen LogP) is 7.18. The van der Waals surface area contributed by atoms with Crippen molar-refractivity contribution in [2.45, 2.75) is 9.79 Å². The Morgan fingerprint density at radius 1 is 0.706 bits per heavy atom. The Labute approximate surface area is 285 Å². The molecule has 0 aliphatic carbocycles. The molecule has 0 saturated heterocycles. The number of nitro groups is 1. The molecule has 22 heteroatoms. The van der Waals surface area contributed by atoms with E-state index in [4.69, 9.17) is 5.73 Å². The highest BCUT2D eigenvalue weighted by Gasteiger charge is 2.32. The maximum Gasteiger partial charge on any atom is 0.339 e. The van der Waals surface area contributed by atoms with Crippen molar-refractivity contribution in [3.8, 4) is 11.5 Å². The van der Waals surface area contributed by atoms with Gasteiger partial charge >= 0.3 is 5.97 Å². The number of fused-ring (bicyclic) bond motifs is 1. The summed E-state index contributed by atoms with van der Waals surface area (Å²) >= 11 is 0. The summed E-state index contributed by atoms with van der Waals surface area (Å²) in [6, 6.07) is 15.6. The van der Waals surface area contributed by atoms with E-state index >= 15 is 0 Å². The van der Waals surface area contributed by atoms with Gasteiger partial charge in [-0.05, 0) is 48.5 Å². The number of carboxylic acids is 1. The summed E-state index contributed by atoms with van der Waals surface area (Å²) in [4.78, 5) is 19.5. The number of rotatable bonds is 10. The summed E-state index contributed by atoms with van der Waals surface area (Å²) < 4.78 is 71.5. The van der Waals surface area contributed by atoms with Gasteiger partial charge in [0.25, 0.3) is 25.9 Å². The Kier molecular flexibility index (Phi) is 9.50. The van der Waals surface area contributed by atoms with Gasteiger partial charge in [0, 0.05) is 17.5 Å². The second kappa shape index (κ2) is 13.6. The average molecular weight is 737 g/mol. The molecule has 0 saturated carbocycles. The number of aromatic carboxylic acids is 1. The number of nitro benzene ring substituents is 1. The zero-order valence-electron chi connectivity index (χ0n) is 25.1. The normalized spacial score (nSPS) is 12.4. The Morgan fingerprint density at radius 3 is 1.82 bits per heavy atom. The van der Waals surface area contributed by atoms with Gasteiger partial charge in [0.1, 0.15) is 27.6 Å². The Hall–Kier alpha value is -6.75. The van der Waals surface area contributed by atoms with Crippen molar-refractivity contribution in [1.82, 2.24) is 0 Å². The molecule has 0 bridgehead atoms. The van der Waals surface area contributed by atoms with E-state index in [1.165, 1.54) is 12.1 Å². The summed E-state index contributed by atoms with van der Waals surface area (Å²) in [6.07, 6.45) is 0. The van der Waals surface area contributed by atoms with Crippen molar-refractivity contribution in [1.29, 1.82) is 0 Å². The fourth-order valence-corrected chi connectivity index (χ4v) is 5.96. The molecule has 0 spiro atoms. The van der Waals surface area contributed by atoms with E-state index in [0.29, 0.717) is 6.07 Å². The number of nitrogens with two attached hydrogens (primary N) is 1. The number of azo groups is 3. The van der Waals surface area contributed by atoms with Gasteiger partial charge in [-0.1, -0.05) is 18.2 Å². The van der Waals surface area contributed by atoms with Crippen LogP contribution in [0, 0.1) is 10.1 Å². The van der Waals surface area contributed by atoms with Crippen LogP contribution in [-0.4, -0.2) is 52.2 Å². The van der Waals surface area contributed by atoms with E-state index in [-0.39, 0.29) is 22.7 Å². The topological polar surface area (TPSA) is 330 Å². The third kappa shape index (κ3) is 7.47.